The van der Waals surface area contributed by atoms with Crippen LogP contribution in [-0.2, 0) is 16.1 Å². The van der Waals surface area contributed by atoms with E-state index in [0.717, 1.165) is 16.8 Å². The van der Waals surface area contributed by atoms with Gasteiger partial charge in [0.05, 0.1) is 19.6 Å². The van der Waals surface area contributed by atoms with E-state index in [4.69, 9.17) is 16.3 Å². The quantitative estimate of drug-likeness (QED) is 0.805. The highest BCUT2D eigenvalue weighted by atomic mass is 35.5. The van der Waals surface area contributed by atoms with Gasteiger partial charge in [0.25, 0.3) is 5.91 Å². The van der Waals surface area contributed by atoms with Crippen molar-refractivity contribution in [1.29, 1.82) is 0 Å². The van der Waals surface area contributed by atoms with Crippen molar-refractivity contribution in [3.05, 3.63) is 64.2 Å². The van der Waals surface area contributed by atoms with Gasteiger partial charge in [-0.25, -0.2) is 0 Å². The summed E-state index contributed by atoms with van der Waals surface area (Å²) in [4.78, 5) is 25.8. The van der Waals surface area contributed by atoms with E-state index in [1.807, 2.05) is 30.3 Å². The van der Waals surface area contributed by atoms with E-state index in [2.05, 4.69) is 0 Å². The summed E-state index contributed by atoms with van der Waals surface area (Å²) in [7, 11) is 1.37. The molecule has 118 valence electrons. The lowest BCUT2D eigenvalue weighted by molar-refractivity contribution is -0.141. The number of rotatable bonds is 3. The van der Waals surface area contributed by atoms with Crippen molar-refractivity contribution in [2.24, 2.45) is 0 Å². The first-order valence-corrected chi connectivity index (χ1v) is 7.67. The summed E-state index contributed by atoms with van der Waals surface area (Å²) >= 11 is 5.99. The number of halogens is 1. The van der Waals surface area contributed by atoms with Crippen molar-refractivity contribution in [3.8, 4) is 0 Å². The molecule has 4 nitrogen and oxygen atoms in total. The number of methoxy groups -OCH3 is 1. The van der Waals surface area contributed by atoms with Crippen LogP contribution in [0.4, 0.5) is 5.69 Å². The van der Waals surface area contributed by atoms with Crippen LogP contribution in [0.1, 0.15) is 34.3 Å². The Morgan fingerprint density at radius 3 is 2.57 bits per heavy atom. The van der Waals surface area contributed by atoms with Crippen LogP contribution < -0.4 is 4.90 Å². The van der Waals surface area contributed by atoms with Gasteiger partial charge in [0.1, 0.15) is 0 Å². The summed E-state index contributed by atoms with van der Waals surface area (Å²) in [5, 5.41) is 0.626. The van der Waals surface area contributed by atoms with Gasteiger partial charge in [-0.15, -0.1) is 0 Å². The van der Waals surface area contributed by atoms with Crippen LogP contribution in [0.25, 0.3) is 0 Å². The van der Waals surface area contributed by atoms with E-state index in [0.29, 0.717) is 17.1 Å². The van der Waals surface area contributed by atoms with Crippen LogP contribution in [-0.4, -0.2) is 19.0 Å². The Bertz CT molecular complexity index is 770. The molecular weight excluding hydrogens is 314 g/mol. The molecule has 2 aromatic rings. The Hall–Kier alpha value is -2.33. The number of carbonyl (C=O) groups is 2. The van der Waals surface area contributed by atoms with E-state index in [1.54, 1.807) is 24.0 Å². The van der Waals surface area contributed by atoms with Crippen molar-refractivity contribution in [2.45, 2.75) is 19.4 Å². The van der Waals surface area contributed by atoms with Crippen molar-refractivity contribution in [1.82, 2.24) is 0 Å². The second-order valence-electron chi connectivity index (χ2n) is 5.53. The van der Waals surface area contributed by atoms with Crippen molar-refractivity contribution in [3.63, 3.8) is 0 Å². The SMILES string of the molecule is COC(=O)C(C)c1ccc(N2Cc3cc(Cl)ccc3C2=O)cc1. The standard InChI is InChI=1S/C18H16ClNO3/c1-11(18(22)23-2)12-3-6-15(7-4-12)20-10-13-9-14(19)5-8-16(13)17(20)21/h3-9,11H,10H2,1-2H3. The Morgan fingerprint density at radius 2 is 1.91 bits per heavy atom. The number of amides is 1. The molecule has 1 heterocycles. The molecule has 0 aromatic heterocycles. The monoisotopic (exact) mass is 329 g/mol. The molecule has 0 bridgehead atoms. The van der Waals surface area contributed by atoms with Crippen molar-refractivity contribution < 1.29 is 14.3 Å². The van der Waals surface area contributed by atoms with Gasteiger partial charge in [0.15, 0.2) is 0 Å². The van der Waals surface area contributed by atoms with Gasteiger partial charge in [-0.2, -0.15) is 0 Å². The Kier molecular flexibility index (Phi) is 4.09. The average molecular weight is 330 g/mol. The summed E-state index contributed by atoms with van der Waals surface area (Å²) in [6.07, 6.45) is 0. The molecule has 0 spiro atoms. The lowest BCUT2D eigenvalue weighted by atomic mass is 10.0. The summed E-state index contributed by atoms with van der Waals surface area (Å²) < 4.78 is 4.75. The number of carbonyl (C=O) groups excluding carboxylic acids is 2. The number of nitrogens with zero attached hydrogens (tertiary/aromatic N) is 1. The largest absolute Gasteiger partial charge is 0.469 e. The molecule has 0 radical (unpaired) electrons. The molecule has 5 heteroatoms. The highest BCUT2D eigenvalue weighted by Gasteiger charge is 2.28. The van der Waals surface area contributed by atoms with Crippen LogP contribution in [0.5, 0.6) is 0 Å². The van der Waals surface area contributed by atoms with Crippen LogP contribution >= 0.6 is 11.6 Å². The van der Waals surface area contributed by atoms with Crippen molar-refractivity contribution >= 4 is 29.2 Å². The van der Waals surface area contributed by atoms with Gasteiger partial charge in [-0.3, -0.25) is 9.59 Å². The van der Waals surface area contributed by atoms with Crippen LogP contribution in [0.2, 0.25) is 5.02 Å². The third-order valence-corrected chi connectivity index (χ3v) is 4.37. The fourth-order valence-corrected chi connectivity index (χ4v) is 2.95. The minimum absolute atomic E-state index is 0.0366. The highest BCUT2D eigenvalue weighted by Crippen LogP contribution is 2.31. The number of hydrogen-bond donors (Lipinski definition) is 0. The molecule has 1 unspecified atom stereocenters. The Labute approximate surface area is 139 Å². The fourth-order valence-electron chi connectivity index (χ4n) is 2.75. The molecule has 0 N–H and O–H groups in total. The van der Waals surface area contributed by atoms with Gasteiger partial charge in [0, 0.05) is 16.3 Å². The molecule has 3 rings (SSSR count). The van der Waals surface area contributed by atoms with Gasteiger partial charge in [-0.05, 0) is 48.4 Å². The predicted molar refractivity (Wildman–Crippen MR) is 88.8 cm³/mol. The van der Waals surface area contributed by atoms with Crippen molar-refractivity contribution in [2.75, 3.05) is 12.0 Å². The summed E-state index contributed by atoms with van der Waals surface area (Å²) in [5.41, 5.74) is 3.26. The van der Waals surface area contributed by atoms with Gasteiger partial charge in [-0.1, -0.05) is 23.7 Å². The lowest BCUT2D eigenvalue weighted by Gasteiger charge is -2.17. The number of esters is 1. The van der Waals surface area contributed by atoms with E-state index < -0.39 is 0 Å². The normalized spacial score (nSPS) is 14.6. The number of fused-ring (bicyclic) bond motifs is 1. The molecule has 1 aliphatic heterocycles. The van der Waals surface area contributed by atoms with Gasteiger partial charge in [0.2, 0.25) is 0 Å². The third-order valence-electron chi connectivity index (χ3n) is 4.13. The maximum atomic E-state index is 12.5. The van der Waals surface area contributed by atoms with E-state index in [9.17, 15) is 9.59 Å². The molecule has 0 aliphatic carbocycles. The number of anilines is 1. The number of hydrogen-bond acceptors (Lipinski definition) is 3. The smallest absolute Gasteiger partial charge is 0.312 e. The fraction of sp³-hybridized carbons (Fsp3) is 0.222. The van der Waals surface area contributed by atoms with E-state index >= 15 is 0 Å². The Morgan fingerprint density at radius 1 is 1.22 bits per heavy atom. The molecule has 23 heavy (non-hydrogen) atoms. The van der Waals surface area contributed by atoms with E-state index in [1.165, 1.54) is 7.11 Å². The first-order chi connectivity index (χ1) is 11.0. The van der Waals surface area contributed by atoms with Crippen LogP contribution in [0.15, 0.2) is 42.5 Å². The van der Waals surface area contributed by atoms with Gasteiger partial charge < -0.3 is 9.64 Å². The minimum atomic E-state index is -0.334. The predicted octanol–water partition coefficient (Wildman–Crippen LogP) is 3.78. The van der Waals surface area contributed by atoms with Gasteiger partial charge >= 0.3 is 5.97 Å². The van der Waals surface area contributed by atoms with E-state index in [-0.39, 0.29) is 17.8 Å². The summed E-state index contributed by atoms with van der Waals surface area (Å²) in [5.74, 6) is -0.651. The molecule has 0 saturated carbocycles. The second kappa shape index (κ2) is 6.05. The zero-order valence-electron chi connectivity index (χ0n) is 12.9. The third kappa shape index (κ3) is 2.82. The molecule has 1 amide bonds. The maximum Gasteiger partial charge on any atom is 0.312 e. The first-order valence-electron chi connectivity index (χ1n) is 7.29. The Balaban J connectivity index is 1.84. The van der Waals surface area contributed by atoms with Crippen LogP contribution in [0.3, 0.4) is 0 Å². The lowest BCUT2D eigenvalue weighted by Crippen LogP contribution is -2.23. The number of ether oxygens (including phenoxy) is 1. The number of benzene rings is 2. The topological polar surface area (TPSA) is 46.6 Å². The molecule has 0 fully saturated rings. The highest BCUT2D eigenvalue weighted by molar-refractivity contribution is 6.31. The molecular formula is C18H16ClNO3. The zero-order chi connectivity index (χ0) is 16.6. The summed E-state index contributed by atoms with van der Waals surface area (Å²) in [6, 6.07) is 12.7. The minimum Gasteiger partial charge on any atom is -0.469 e. The molecule has 1 aliphatic rings. The molecule has 0 saturated heterocycles. The average Bonchev–Trinajstić information content (AvgIpc) is 2.89. The first kappa shape index (κ1) is 15.6. The molecule has 2 aromatic carbocycles. The zero-order valence-corrected chi connectivity index (χ0v) is 13.6. The maximum absolute atomic E-state index is 12.5. The summed E-state index contributed by atoms with van der Waals surface area (Å²) in [6.45, 7) is 2.29. The molecule has 1 atom stereocenters. The van der Waals surface area contributed by atoms with Crippen LogP contribution in [0, 0.1) is 0 Å². The second-order valence-corrected chi connectivity index (χ2v) is 5.97.